The molecule has 0 spiro atoms. The number of esters is 1. The van der Waals surface area contributed by atoms with Crippen LogP contribution in [0.15, 0.2) is 42.5 Å². The van der Waals surface area contributed by atoms with E-state index in [1.807, 2.05) is 38.1 Å². The van der Waals surface area contributed by atoms with Crippen LogP contribution in [0, 0.1) is 18.0 Å². The van der Waals surface area contributed by atoms with Crippen LogP contribution < -0.4 is 4.73 Å². The maximum Gasteiger partial charge on any atom is 0.313 e. The number of aryl methyl sites for hydroxylation is 1. The van der Waals surface area contributed by atoms with E-state index in [2.05, 4.69) is 26.0 Å². The van der Waals surface area contributed by atoms with E-state index in [4.69, 9.17) is 4.74 Å². The van der Waals surface area contributed by atoms with Crippen molar-refractivity contribution in [1.29, 1.82) is 0 Å². The van der Waals surface area contributed by atoms with Crippen LogP contribution in [0.2, 0.25) is 0 Å². The highest BCUT2D eigenvalue weighted by Crippen LogP contribution is 2.20. The quantitative estimate of drug-likeness (QED) is 0.386. The molecule has 1 aromatic carbocycles. The molecular weight excluding hydrogens is 338 g/mol. The van der Waals surface area contributed by atoms with Gasteiger partial charge in [-0.15, -0.1) is 0 Å². The number of benzene rings is 1. The zero-order valence-corrected chi connectivity index (χ0v) is 17.1. The molecule has 2 rings (SSSR count). The number of rotatable bonds is 8. The van der Waals surface area contributed by atoms with Crippen molar-refractivity contribution < 1.29 is 14.3 Å². The van der Waals surface area contributed by atoms with Crippen molar-refractivity contribution in [1.82, 2.24) is 0 Å². The molecule has 4 heteroatoms. The summed E-state index contributed by atoms with van der Waals surface area (Å²) in [5, 5.41) is 12.1. The van der Waals surface area contributed by atoms with E-state index >= 15 is 0 Å². The van der Waals surface area contributed by atoms with Gasteiger partial charge in [0.1, 0.15) is 0 Å². The van der Waals surface area contributed by atoms with Gasteiger partial charge in [-0.05, 0) is 42.9 Å². The molecule has 146 valence electrons. The second kappa shape index (κ2) is 9.54. The molecule has 1 heterocycles. The first-order valence-electron chi connectivity index (χ1n) is 9.74. The fourth-order valence-electron chi connectivity index (χ4n) is 3.15. The SMILES string of the molecule is Cc1cccc(C(C)CCOC(=O)C(C)c2ccc(CC(C)C)cc2)[n+]1[O-]. The van der Waals surface area contributed by atoms with Gasteiger partial charge in [0.25, 0.3) is 0 Å². The molecule has 2 unspecified atom stereocenters. The highest BCUT2D eigenvalue weighted by molar-refractivity contribution is 5.77. The average Bonchev–Trinajstić information content (AvgIpc) is 2.63. The van der Waals surface area contributed by atoms with Crippen molar-refractivity contribution >= 4 is 5.97 Å². The Morgan fingerprint density at radius 1 is 1.07 bits per heavy atom. The Morgan fingerprint density at radius 3 is 2.37 bits per heavy atom. The Kier molecular flexibility index (Phi) is 7.40. The van der Waals surface area contributed by atoms with E-state index in [1.54, 1.807) is 13.0 Å². The predicted molar refractivity (Wildman–Crippen MR) is 108 cm³/mol. The first-order chi connectivity index (χ1) is 12.8. The zero-order chi connectivity index (χ0) is 20.0. The Labute approximate surface area is 162 Å². The smallest absolute Gasteiger partial charge is 0.313 e. The van der Waals surface area contributed by atoms with Crippen LogP contribution in [0.25, 0.3) is 0 Å². The molecular formula is C23H31NO3. The molecule has 0 N–H and O–H groups in total. The lowest BCUT2D eigenvalue weighted by atomic mass is 9.97. The van der Waals surface area contributed by atoms with Crippen molar-refractivity contribution in [3.63, 3.8) is 0 Å². The van der Waals surface area contributed by atoms with Crippen molar-refractivity contribution in [2.75, 3.05) is 6.61 Å². The maximum atomic E-state index is 12.4. The summed E-state index contributed by atoms with van der Waals surface area (Å²) in [6.45, 7) is 10.3. The van der Waals surface area contributed by atoms with Crippen molar-refractivity contribution in [3.05, 3.63) is 70.2 Å². The van der Waals surface area contributed by atoms with Gasteiger partial charge in [-0.3, -0.25) is 4.79 Å². The lowest BCUT2D eigenvalue weighted by molar-refractivity contribution is -0.622. The first kappa shape index (κ1) is 20.9. The molecule has 0 aliphatic carbocycles. The third kappa shape index (κ3) is 5.81. The maximum absolute atomic E-state index is 12.4. The number of hydrogen-bond acceptors (Lipinski definition) is 3. The van der Waals surface area contributed by atoms with Crippen LogP contribution in [-0.4, -0.2) is 12.6 Å². The molecule has 0 aliphatic rings. The van der Waals surface area contributed by atoms with Gasteiger partial charge in [-0.2, -0.15) is 4.73 Å². The summed E-state index contributed by atoms with van der Waals surface area (Å²) < 4.78 is 6.42. The summed E-state index contributed by atoms with van der Waals surface area (Å²) in [5.41, 5.74) is 3.63. The third-order valence-corrected chi connectivity index (χ3v) is 4.94. The van der Waals surface area contributed by atoms with Crippen LogP contribution in [0.5, 0.6) is 0 Å². The summed E-state index contributed by atoms with van der Waals surface area (Å²) >= 11 is 0. The van der Waals surface area contributed by atoms with Crippen molar-refractivity contribution in [2.24, 2.45) is 5.92 Å². The number of carbonyl (C=O) groups excluding carboxylic acids is 1. The second-order valence-electron chi connectivity index (χ2n) is 7.80. The van der Waals surface area contributed by atoms with Crippen LogP contribution in [0.1, 0.15) is 68.5 Å². The highest BCUT2D eigenvalue weighted by atomic mass is 16.5. The first-order valence-corrected chi connectivity index (χ1v) is 9.74. The molecule has 1 aromatic heterocycles. The molecule has 0 aliphatic heterocycles. The Hall–Kier alpha value is -2.36. The zero-order valence-electron chi connectivity index (χ0n) is 17.1. The summed E-state index contributed by atoms with van der Waals surface area (Å²) in [5.74, 6) is 0.122. The molecule has 27 heavy (non-hydrogen) atoms. The van der Waals surface area contributed by atoms with E-state index in [0.717, 1.165) is 16.7 Å². The van der Waals surface area contributed by atoms with E-state index < -0.39 is 0 Å². The molecule has 0 saturated carbocycles. The Morgan fingerprint density at radius 2 is 1.74 bits per heavy atom. The minimum Gasteiger partial charge on any atom is -0.618 e. The van der Waals surface area contributed by atoms with Gasteiger partial charge in [0.2, 0.25) is 0 Å². The lowest BCUT2D eigenvalue weighted by Gasteiger charge is -2.15. The standard InChI is InChI=1S/C23H31NO3/c1-16(2)15-20-9-11-21(12-10-20)19(5)23(25)27-14-13-17(3)22-8-6-7-18(4)24(22)26/h6-12,16-17,19H,13-15H2,1-5H3. The molecule has 0 radical (unpaired) electrons. The lowest BCUT2D eigenvalue weighted by Crippen LogP contribution is -2.36. The minimum absolute atomic E-state index is 0.0285. The molecule has 2 atom stereocenters. The monoisotopic (exact) mass is 369 g/mol. The summed E-state index contributed by atoms with van der Waals surface area (Å²) in [4.78, 5) is 12.4. The number of pyridine rings is 1. The van der Waals surface area contributed by atoms with Gasteiger partial charge >= 0.3 is 5.97 Å². The van der Waals surface area contributed by atoms with Crippen LogP contribution in [-0.2, 0) is 16.0 Å². The van der Waals surface area contributed by atoms with Gasteiger partial charge in [0.05, 0.1) is 12.5 Å². The van der Waals surface area contributed by atoms with E-state index in [9.17, 15) is 10.0 Å². The second-order valence-corrected chi connectivity index (χ2v) is 7.80. The number of carbonyl (C=O) groups is 1. The average molecular weight is 370 g/mol. The fraction of sp³-hybridized carbons (Fsp3) is 0.478. The predicted octanol–water partition coefficient (Wildman–Crippen LogP) is 4.67. The third-order valence-electron chi connectivity index (χ3n) is 4.94. The number of ether oxygens (including phenoxy) is 1. The largest absolute Gasteiger partial charge is 0.618 e. The Bertz CT molecular complexity index is 753. The fourth-order valence-corrected chi connectivity index (χ4v) is 3.15. The van der Waals surface area contributed by atoms with E-state index in [-0.39, 0.29) is 17.8 Å². The molecule has 4 nitrogen and oxygen atoms in total. The summed E-state index contributed by atoms with van der Waals surface area (Å²) in [7, 11) is 0. The number of hydrogen-bond donors (Lipinski definition) is 0. The van der Waals surface area contributed by atoms with Crippen LogP contribution in [0.3, 0.4) is 0 Å². The molecule has 0 fully saturated rings. The van der Waals surface area contributed by atoms with Crippen molar-refractivity contribution in [3.8, 4) is 0 Å². The van der Waals surface area contributed by atoms with Crippen LogP contribution >= 0.6 is 0 Å². The molecule has 2 aromatic rings. The van der Waals surface area contributed by atoms with Crippen molar-refractivity contribution in [2.45, 2.75) is 59.3 Å². The minimum atomic E-state index is -0.295. The molecule has 0 amide bonds. The highest BCUT2D eigenvalue weighted by Gasteiger charge is 2.19. The van der Waals surface area contributed by atoms with Gasteiger partial charge in [0.15, 0.2) is 11.4 Å². The van der Waals surface area contributed by atoms with Gasteiger partial charge in [0, 0.05) is 25.0 Å². The van der Waals surface area contributed by atoms with Gasteiger partial charge in [-0.1, -0.05) is 45.0 Å². The number of nitrogens with zero attached hydrogens (tertiary/aromatic N) is 1. The van der Waals surface area contributed by atoms with Crippen LogP contribution in [0.4, 0.5) is 0 Å². The van der Waals surface area contributed by atoms with Gasteiger partial charge in [-0.25, -0.2) is 0 Å². The molecule has 0 bridgehead atoms. The van der Waals surface area contributed by atoms with Gasteiger partial charge < -0.3 is 9.94 Å². The summed E-state index contributed by atoms with van der Waals surface area (Å²) in [6.07, 6.45) is 1.66. The number of aromatic nitrogens is 1. The topological polar surface area (TPSA) is 53.2 Å². The Balaban J connectivity index is 1.86. The molecule has 0 saturated heterocycles. The van der Waals surface area contributed by atoms with E-state index in [1.165, 1.54) is 5.56 Å². The van der Waals surface area contributed by atoms with E-state index in [0.29, 0.717) is 30.3 Å². The summed E-state index contributed by atoms with van der Waals surface area (Å²) in [6, 6.07) is 13.7. The normalized spacial score (nSPS) is 13.4.